The average molecular weight is 470 g/mol. The third-order valence-electron chi connectivity index (χ3n) is 5.04. The van der Waals surface area contributed by atoms with Crippen LogP contribution >= 0.6 is 11.3 Å². The van der Waals surface area contributed by atoms with Crippen molar-refractivity contribution < 1.29 is 17.6 Å². The van der Waals surface area contributed by atoms with Gasteiger partial charge in [0.15, 0.2) is 0 Å². The van der Waals surface area contributed by atoms with Gasteiger partial charge in [-0.25, -0.2) is 17.5 Å². The minimum Gasteiger partial charge on any atom is -0.269 e. The van der Waals surface area contributed by atoms with Crippen LogP contribution in [0.4, 0.5) is 10.1 Å². The normalized spacial score (nSPS) is 11.5. The van der Waals surface area contributed by atoms with Crippen molar-refractivity contribution in [2.45, 2.75) is 18.7 Å². The van der Waals surface area contributed by atoms with Crippen molar-refractivity contribution >= 4 is 33.0 Å². The van der Waals surface area contributed by atoms with Crippen molar-refractivity contribution in [1.82, 2.24) is 9.78 Å². The van der Waals surface area contributed by atoms with Crippen molar-refractivity contribution in [3.8, 4) is 11.1 Å². The smallest absolute Gasteiger partial charge is 0.269 e. The van der Waals surface area contributed by atoms with Gasteiger partial charge < -0.3 is 0 Å². The quantitative estimate of drug-likeness (QED) is 0.418. The van der Waals surface area contributed by atoms with E-state index >= 15 is 0 Å². The summed E-state index contributed by atoms with van der Waals surface area (Å²) in [7, 11) is -2.79. The molecule has 0 radical (unpaired) electrons. The zero-order valence-corrected chi connectivity index (χ0v) is 19.2. The molecule has 0 unspecified atom stereocenters. The summed E-state index contributed by atoms with van der Waals surface area (Å²) in [4.78, 5) is 13.3. The zero-order chi connectivity index (χ0) is 23.0. The molecule has 0 aliphatic heterocycles. The Bertz CT molecular complexity index is 1390. The summed E-state index contributed by atoms with van der Waals surface area (Å²) in [6, 6.07) is 15.9. The maximum Gasteiger partial charge on any atom is 0.289 e. The molecule has 4 rings (SSSR count). The van der Waals surface area contributed by atoms with Crippen LogP contribution in [0.1, 0.15) is 21.1 Å². The van der Waals surface area contributed by atoms with E-state index in [0.29, 0.717) is 22.5 Å². The van der Waals surface area contributed by atoms with Crippen molar-refractivity contribution in [1.29, 1.82) is 0 Å². The first kappa shape index (κ1) is 21.9. The molecule has 0 aliphatic carbocycles. The SMILES string of the molecule is Cc1cc(C)n(C(=O)c2scc(-c3ccccc3)c2S(=O)(=O)N(C)c2ccc(F)cc2)n1. The fourth-order valence-electron chi connectivity index (χ4n) is 3.43. The Morgan fingerprint density at radius 2 is 1.72 bits per heavy atom. The first-order valence-corrected chi connectivity index (χ1v) is 12.0. The molecule has 2 heterocycles. The van der Waals surface area contributed by atoms with Gasteiger partial charge >= 0.3 is 0 Å². The Hall–Kier alpha value is -3.30. The largest absolute Gasteiger partial charge is 0.289 e. The molecule has 0 atom stereocenters. The van der Waals surface area contributed by atoms with Gasteiger partial charge in [0.2, 0.25) is 0 Å². The Morgan fingerprint density at radius 3 is 2.31 bits per heavy atom. The Kier molecular flexibility index (Phi) is 5.70. The highest BCUT2D eigenvalue weighted by Crippen LogP contribution is 2.38. The molecule has 0 fully saturated rings. The summed E-state index contributed by atoms with van der Waals surface area (Å²) < 4.78 is 43.2. The number of halogens is 1. The summed E-state index contributed by atoms with van der Waals surface area (Å²) in [6.45, 7) is 3.50. The van der Waals surface area contributed by atoms with E-state index in [1.54, 1.807) is 49.6 Å². The van der Waals surface area contributed by atoms with Crippen molar-refractivity contribution in [2.75, 3.05) is 11.4 Å². The number of hydrogen-bond acceptors (Lipinski definition) is 5. The molecule has 0 aliphatic rings. The molecule has 32 heavy (non-hydrogen) atoms. The third-order valence-corrected chi connectivity index (χ3v) is 8.00. The van der Waals surface area contributed by atoms with E-state index in [1.807, 2.05) is 6.07 Å². The highest BCUT2D eigenvalue weighted by atomic mass is 32.2. The number of benzene rings is 2. The number of thiophene rings is 1. The minimum atomic E-state index is -4.17. The second-order valence-corrected chi connectivity index (χ2v) is 10.1. The van der Waals surface area contributed by atoms with Crippen LogP contribution in [0.5, 0.6) is 0 Å². The van der Waals surface area contributed by atoms with Crippen molar-refractivity contribution in [2.24, 2.45) is 0 Å². The summed E-state index contributed by atoms with van der Waals surface area (Å²) in [5.41, 5.74) is 2.64. The molecule has 0 bridgehead atoms. The zero-order valence-electron chi connectivity index (χ0n) is 17.6. The number of rotatable bonds is 5. The lowest BCUT2D eigenvalue weighted by Gasteiger charge is -2.21. The lowest BCUT2D eigenvalue weighted by molar-refractivity contribution is 0.0943. The Morgan fingerprint density at radius 1 is 1.06 bits per heavy atom. The number of aryl methyl sites for hydroxylation is 2. The maximum absolute atomic E-state index is 13.8. The minimum absolute atomic E-state index is 0.0593. The van der Waals surface area contributed by atoms with Gasteiger partial charge in [-0.15, -0.1) is 11.3 Å². The van der Waals surface area contributed by atoms with Gasteiger partial charge in [0, 0.05) is 23.7 Å². The molecule has 4 aromatic rings. The summed E-state index contributed by atoms with van der Waals surface area (Å²) >= 11 is 1.06. The molecule has 2 aromatic heterocycles. The molecule has 0 saturated carbocycles. The van der Waals surface area contributed by atoms with E-state index in [-0.39, 0.29) is 15.5 Å². The van der Waals surface area contributed by atoms with Crippen LogP contribution in [0.25, 0.3) is 11.1 Å². The first-order valence-electron chi connectivity index (χ1n) is 9.69. The molecule has 9 heteroatoms. The van der Waals surface area contributed by atoms with Crippen LogP contribution < -0.4 is 4.31 Å². The summed E-state index contributed by atoms with van der Waals surface area (Å²) in [6.07, 6.45) is 0. The Balaban J connectivity index is 1.92. The number of carbonyl (C=O) groups excluding carboxylic acids is 1. The van der Waals surface area contributed by atoms with E-state index in [2.05, 4.69) is 5.10 Å². The second-order valence-electron chi connectivity index (χ2n) is 7.27. The number of aromatic nitrogens is 2. The van der Waals surface area contributed by atoms with Gasteiger partial charge in [-0.2, -0.15) is 5.10 Å². The number of carbonyl (C=O) groups is 1. The predicted molar refractivity (Wildman–Crippen MR) is 123 cm³/mol. The molecule has 2 aromatic carbocycles. The lowest BCUT2D eigenvalue weighted by atomic mass is 10.1. The van der Waals surface area contributed by atoms with E-state index < -0.39 is 21.7 Å². The number of sulfonamides is 1. The van der Waals surface area contributed by atoms with Gasteiger partial charge in [0.1, 0.15) is 15.6 Å². The monoisotopic (exact) mass is 469 g/mol. The molecule has 0 N–H and O–H groups in total. The van der Waals surface area contributed by atoms with Gasteiger partial charge in [0.25, 0.3) is 15.9 Å². The van der Waals surface area contributed by atoms with Gasteiger partial charge in [-0.3, -0.25) is 9.10 Å². The van der Waals surface area contributed by atoms with Crippen LogP contribution in [-0.4, -0.2) is 31.2 Å². The molecule has 0 amide bonds. The highest BCUT2D eigenvalue weighted by molar-refractivity contribution is 7.93. The standard InChI is InChI=1S/C23H20FN3O3S2/c1-15-13-16(2)27(25-15)23(28)21-22(20(14-31-21)17-7-5-4-6-8-17)32(29,30)26(3)19-11-9-18(24)10-12-19/h4-14H,1-3H3. The number of nitrogens with zero attached hydrogens (tertiary/aromatic N) is 3. The maximum atomic E-state index is 13.8. The fourth-order valence-corrected chi connectivity index (χ4v) is 6.30. The molecule has 0 spiro atoms. The van der Waals surface area contributed by atoms with E-state index in [9.17, 15) is 17.6 Å². The van der Waals surface area contributed by atoms with Crippen LogP contribution in [0.2, 0.25) is 0 Å². The summed E-state index contributed by atoms with van der Waals surface area (Å²) in [5, 5.41) is 5.89. The van der Waals surface area contributed by atoms with Crippen LogP contribution in [0.15, 0.2) is 70.9 Å². The Labute approximate surface area is 189 Å². The molecule has 6 nitrogen and oxygen atoms in total. The van der Waals surface area contributed by atoms with Gasteiger partial charge in [-0.05, 0) is 49.7 Å². The topological polar surface area (TPSA) is 72.3 Å². The van der Waals surface area contributed by atoms with Crippen molar-refractivity contribution in [3.05, 3.63) is 88.1 Å². The fraction of sp³-hybridized carbons (Fsp3) is 0.130. The third kappa shape index (κ3) is 3.85. The van der Waals surface area contributed by atoms with E-state index in [0.717, 1.165) is 15.6 Å². The van der Waals surface area contributed by atoms with Crippen LogP contribution in [0, 0.1) is 19.7 Å². The van der Waals surface area contributed by atoms with Crippen molar-refractivity contribution in [3.63, 3.8) is 0 Å². The van der Waals surface area contributed by atoms with E-state index in [4.69, 9.17) is 0 Å². The molecule has 0 saturated heterocycles. The summed E-state index contributed by atoms with van der Waals surface area (Å²) in [5.74, 6) is -0.991. The number of hydrogen-bond donors (Lipinski definition) is 0. The highest BCUT2D eigenvalue weighted by Gasteiger charge is 2.33. The molecule has 164 valence electrons. The van der Waals surface area contributed by atoms with Crippen LogP contribution in [-0.2, 0) is 10.0 Å². The molecular weight excluding hydrogens is 449 g/mol. The van der Waals surface area contributed by atoms with E-state index in [1.165, 1.54) is 36.0 Å². The average Bonchev–Trinajstić information content (AvgIpc) is 3.37. The van der Waals surface area contributed by atoms with Crippen LogP contribution in [0.3, 0.4) is 0 Å². The number of anilines is 1. The van der Waals surface area contributed by atoms with Gasteiger partial charge in [-0.1, -0.05) is 30.3 Å². The second kappa shape index (κ2) is 8.33. The molecular formula is C23H20FN3O3S2. The lowest BCUT2D eigenvalue weighted by Crippen LogP contribution is -2.28. The van der Waals surface area contributed by atoms with Gasteiger partial charge in [0.05, 0.1) is 11.4 Å². The first-order chi connectivity index (χ1) is 15.2. The predicted octanol–water partition coefficient (Wildman–Crippen LogP) is 4.88.